The highest BCUT2D eigenvalue weighted by molar-refractivity contribution is 6.07. The smallest absolute Gasteiger partial charge is 0.314 e. The molecule has 0 fully saturated rings. The van der Waals surface area contributed by atoms with Gasteiger partial charge >= 0.3 is 11.9 Å². The zero-order valence-corrected chi connectivity index (χ0v) is 31.6. The highest BCUT2D eigenvalue weighted by atomic mass is 16.7. The van der Waals surface area contributed by atoms with Gasteiger partial charge in [0.2, 0.25) is 13.6 Å². The van der Waals surface area contributed by atoms with E-state index in [1.54, 1.807) is 71.9 Å². The van der Waals surface area contributed by atoms with Crippen molar-refractivity contribution in [1.29, 1.82) is 0 Å². The van der Waals surface area contributed by atoms with Crippen LogP contribution in [0.1, 0.15) is 136 Å². The molecule has 0 unspecified atom stereocenters. The van der Waals surface area contributed by atoms with Crippen LogP contribution in [-0.2, 0) is 29.9 Å². The molecule has 2 aromatic rings. The van der Waals surface area contributed by atoms with E-state index in [-0.39, 0.29) is 42.1 Å². The maximum Gasteiger partial charge on any atom is 0.314 e. The number of benzene rings is 2. The lowest BCUT2D eigenvalue weighted by atomic mass is 9.74. The third-order valence-corrected chi connectivity index (χ3v) is 8.52. The van der Waals surface area contributed by atoms with Crippen LogP contribution in [0, 0.1) is 10.8 Å². The number of esters is 2. The lowest BCUT2D eigenvalue weighted by molar-refractivity contribution is -0.160. The summed E-state index contributed by atoms with van der Waals surface area (Å²) >= 11 is 0. The summed E-state index contributed by atoms with van der Waals surface area (Å²) in [4.78, 5) is 38.2. The van der Waals surface area contributed by atoms with E-state index >= 15 is 0 Å². The molecule has 2 aromatic carbocycles. The standard InChI is InChI=1S/C40H58O8/c1-14-23-44-33-29(21-22-32(41)27-17-19-28(20-18-27)45-25-47-35(42)37(4,5)6)34(46-26-48-36(43)38(7,8)9)31(40(12,13)16-3)24-30(33)39(10,11)15-2/h17-22,24H,14-16,23,25-26H2,1-13H3/b22-21+. The number of hydrogen-bond donors (Lipinski definition) is 0. The van der Waals surface area contributed by atoms with E-state index in [0.29, 0.717) is 35.0 Å². The molecule has 0 saturated carbocycles. The molecule has 48 heavy (non-hydrogen) atoms. The lowest BCUT2D eigenvalue weighted by Crippen LogP contribution is -2.26. The highest BCUT2D eigenvalue weighted by Gasteiger charge is 2.33. The summed E-state index contributed by atoms with van der Waals surface area (Å²) in [5.41, 5.74) is 1.16. The Hall–Kier alpha value is -3.81. The maximum atomic E-state index is 13.5. The van der Waals surface area contributed by atoms with E-state index < -0.39 is 10.8 Å². The number of ether oxygens (including phenoxy) is 5. The molecule has 0 radical (unpaired) electrons. The van der Waals surface area contributed by atoms with Gasteiger partial charge in [0.05, 0.1) is 23.0 Å². The van der Waals surface area contributed by atoms with Crippen LogP contribution in [-0.4, -0.2) is 37.9 Å². The molecule has 0 bridgehead atoms. The summed E-state index contributed by atoms with van der Waals surface area (Å²) in [6.45, 7) is 25.6. The van der Waals surface area contributed by atoms with Crippen LogP contribution in [0.5, 0.6) is 17.2 Å². The molecule has 0 aliphatic rings. The third-order valence-electron chi connectivity index (χ3n) is 8.52. The number of carbonyl (C=O) groups excluding carboxylic acids is 3. The highest BCUT2D eigenvalue weighted by Crippen LogP contribution is 2.47. The van der Waals surface area contributed by atoms with Crippen molar-refractivity contribution in [2.75, 3.05) is 20.2 Å². The van der Waals surface area contributed by atoms with Crippen molar-refractivity contribution in [2.45, 2.75) is 120 Å². The summed E-state index contributed by atoms with van der Waals surface area (Å²) in [6.07, 6.45) is 5.72. The van der Waals surface area contributed by atoms with Gasteiger partial charge in [0.25, 0.3) is 0 Å². The van der Waals surface area contributed by atoms with Crippen molar-refractivity contribution in [1.82, 2.24) is 0 Å². The van der Waals surface area contributed by atoms with Crippen LogP contribution in [0.2, 0.25) is 0 Å². The molecule has 2 rings (SSSR count). The fourth-order valence-corrected chi connectivity index (χ4v) is 4.42. The van der Waals surface area contributed by atoms with Gasteiger partial charge in [-0.15, -0.1) is 0 Å². The van der Waals surface area contributed by atoms with Gasteiger partial charge in [-0.25, -0.2) is 0 Å². The fourth-order valence-electron chi connectivity index (χ4n) is 4.42. The molecule has 0 atom stereocenters. The molecule has 0 spiro atoms. The van der Waals surface area contributed by atoms with E-state index in [1.165, 1.54) is 6.08 Å². The van der Waals surface area contributed by atoms with Crippen LogP contribution >= 0.6 is 0 Å². The second kappa shape index (κ2) is 16.5. The molecule has 8 heteroatoms. The first-order valence-electron chi connectivity index (χ1n) is 17.0. The van der Waals surface area contributed by atoms with Crippen LogP contribution in [0.3, 0.4) is 0 Å². The van der Waals surface area contributed by atoms with Gasteiger partial charge in [-0.1, -0.05) is 48.5 Å². The minimum Gasteiger partial charge on any atom is -0.493 e. The Balaban J connectivity index is 2.62. The summed E-state index contributed by atoms with van der Waals surface area (Å²) in [5, 5.41) is 0. The predicted octanol–water partition coefficient (Wildman–Crippen LogP) is 9.60. The van der Waals surface area contributed by atoms with Crippen LogP contribution < -0.4 is 14.2 Å². The summed E-state index contributed by atoms with van der Waals surface area (Å²) in [7, 11) is 0. The quantitative estimate of drug-likeness (QED) is 0.0756. The van der Waals surface area contributed by atoms with Gasteiger partial charge in [0.1, 0.15) is 17.2 Å². The topological polar surface area (TPSA) is 97.4 Å². The molecule has 0 heterocycles. The van der Waals surface area contributed by atoms with Crippen LogP contribution in [0.15, 0.2) is 36.4 Å². The van der Waals surface area contributed by atoms with Gasteiger partial charge in [0.15, 0.2) is 5.78 Å². The number of hydrogen-bond acceptors (Lipinski definition) is 8. The van der Waals surface area contributed by atoms with E-state index in [1.807, 2.05) is 6.92 Å². The second-order valence-corrected chi connectivity index (χ2v) is 15.5. The van der Waals surface area contributed by atoms with Crippen molar-refractivity contribution in [3.05, 3.63) is 58.7 Å². The van der Waals surface area contributed by atoms with Gasteiger partial charge in [-0.2, -0.15) is 0 Å². The third kappa shape index (κ3) is 10.9. The fraction of sp³-hybridized carbons (Fsp3) is 0.575. The molecule has 0 aliphatic heterocycles. The first kappa shape index (κ1) is 40.4. The Morgan fingerprint density at radius 2 is 1.10 bits per heavy atom. The minimum atomic E-state index is -0.689. The maximum absolute atomic E-state index is 13.5. The molecule has 0 N–H and O–H groups in total. The zero-order valence-electron chi connectivity index (χ0n) is 31.6. The monoisotopic (exact) mass is 666 g/mol. The number of carbonyl (C=O) groups is 3. The molecule has 8 nitrogen and oxygen atoms in total. The molecule has 0 aromatic heterocycles. The molecular formula is C40H58O8. The van der Waals surface area contributed by atoms with Gasteiger partial charge in [-0.05, 0) is 114 Å². The predicted molar refractivity (Wildman–Crippen MR) is 191 cm³/mol. The summed E-state index contributed by atoms with van der Waals surface area (Å²) < 4.78 is 29.1. The first-order valence-corrected chi connectivity index (χ1v) is 17.0. The summed E-state index contributed by atoms with van der Waals surface area (Å²) in [6, 6.07) is 8.80. The Labute approximate surface area is 288 Å². The van der Waals surface area contributed by atoms with Crippen LogP contribution in [0.25, 0.3) is 6.08 Å². The van der Waals surface area contributed by atoms with Gasteiger partial charge < -0.3 is 23.7 Å². The first-order chi connectivity index (χ1) is 22.2. The SMILES string of the molecule is CCCOc1c(C(C)(C)CC)cc(C(C)(C)CC)c(OCOC(=O)C(C)(C)C)c1/C=C/C(=O)c1ccc(OCOC(=O)C(C)(C)C)cc1. The van der Waals surface area contributed by atoms with Crippen molar-refractivity contribution < 1.29 is 38.1 Å². The van der Waals surface area contributed by atoms with Gasteiger partial charge in [-0.3, -0.25) is 14.4 Å². The Kier molecular flexibility index (Phi) is 13.9. The second-order valence-electron chi connectivity index (χ2n) is 15.5. The van der Waals surface area contributed by atoms with E-state index in [9.17, 15) is 14.4 Å². The number of allylic oxidation sites excluding steroid dienone is 1. The molecule has 0 aliphatic carbocycles. The number of ketones is 1. The average Bonchev–Trinajstić information content (AvgIpc) is 3.01. The molecule has 0 amide bonds. The lowest BCUT2D eigenvalue weighted by Gasteiger charge is -2.34. The normalized spacial score (nSPS) is 12.5. The van der Waals surface area contributed by atoms with Crippen LogP contribution in [0.4, 0.5) is 0 Å². The average molecular weight is 667 g/mol. The van der Waals surface area contributed by atoms with Crippen molar-refractivity contribution >= 4 is 23.8 Å². The Morgan fingerprint density at radius 1 is 0.646 bits per heavy atom. The van der Waals surface area contributed by atoms with E-state index in [2.05, 4.69) is 47.6 Å². The van der Waals surface area contributed by atoms with Crippen molar-refractivity contribution in [2.24, 2.45) is 10.8 Å². The molecular weight excluding hydrogens is 608 g/mol. The molecule has 266 valence electrons. The Bertz CT molecular complexity index is 1430. The van der Waals surface area contributed by atoms with Crippen molar-refractivity contribution in [3.8, 4) is 17.2 Å². The zero-order chi connectivity index (χ0) is 36.5. The Morgan fingerprint density at radius 3 is 1.54 bits per heavy atom. The number of rotatable bonds is 16. The summed E-state index contributed by atoms with van der Waals surface area (Å²) in [5.74, 6) is 0.654. The van der Waals surface area contributed by atoms with Gasteiger partial charge in [0, 0.05) is 16.7 Å². The largest absolute Gasteiger partial charge is 0.493 e. The molecule has 0 saturated heterocycles. The van der Waals surface area contributed by atoms with Crippen molar-refractivity contribution in [3.63, 3.8) is 0 Å². The van der Waals surface area contributed by atoms with E-state index in [4.69, 9.17) is 23.7 Å². The minimum absolute atomic E-state index is 0.224. The van der Waals surface area contributed by atoms with E-state index in [0.717, 1.165) is 30.4 Å².